The van der Waals surface area contributed by atoms with E-state index >= 15 is 0 Å². The predicted molar refractivity (Wildman–Crippen MR) is 99.9 cm³/mol. The van der Waals surface area contributed by atoms with Crippen molar-refractivity contribution >= 4 is 22.8 Å². The zero-order chi connectivity index (χ0) is 19.7. The second-order valence-corrected chi connectivity index (χ2v) is 6.70. The van der Waals surface area contributed by atoms with Crippen molar-refractivity contribution in [3.63, 3.8) is 0 Å². The quantitative estimate of drug-likeness (QED) is 0.678. The highest BCUT2D eigenvalue weighted by molar-refractivity contribution is 5.95. The smallest absolute Gasteiger partial charge is 0.338 e. The fourth-order valence-corrected chi connectivity index (χ4v) is 3.32. The van der Waals surface area contributed by atoms with Gasteiger partial charge in [0, 0.05) is 13.0 Å². The molecule has 1 aromatic carbocycles. The highest BCUT2D eigenvalue weighted by Gasteiger charge is 2.18. The van der Waals surface area contributed by atoms with Crippen LogP contribution in [0.15, 0.2) is 45.8 Å². The fourth-order valence-electron chi connectivity index (χ4n) is 3.32. The topological polar surface area (TPSA) is 103 Å². The lowest BCUT2D eigenvalue weighted by Crippen LogP contribution is -2.31. The summed E-state index contributed by atoms with van der Waals surface area (Å²) in [5.41, 5.74) is 0.612. The average molecular weight is 381 g/mol. The van der Waals surface area contributed by atoms with Crippen molar-refractivity contribution in [1.82, 2.24) is 14.9 Å². The van der Waals surface area contributed by atoms with Crippen molar-refractivity contribution in [2.75, 3.05) is 6.61 Å². The van der Waals surface area contributed by atoms with E-state index in [0.717, 1.165) is 18.7 Å². The number of furan rings is 1. The Hall–Kier alpha value is -3.42. The number of hydrogen-bond acceptors (Lipinski definition) is 6. The molecule has 144 valence electrons. The van der Waals surface area contributed by atoms with Crippen LogP contribution in [0.2, 0.25) is 0 Å². The van der Waals surface area contributed by atoms with Gasteiger partial charge in [-0.25, -0.2) is 9.78 Å². The number of carbonyl (C=O) groups excluding carboxylic acids is 2. The number of hydrogen-bond donors (Lipinski definition) is 1. The maximum atomic E-state index is 12.5. The number of benzene rings is 1. The lowest BCUT2D eigenvalue weighted by atomic mass is 10.1. The molecular weight excluding hydrogens is 362 g/mol. The minimum absolute atomic E-state index is 0.0938. The van der Waals surface area contributed by atoms with Gasteiger partial charge in [0.2, 0.25) is 0 Å². The minimum Gasteiger partial charge on any atom is -0.467 e. The molecule has 1 atom stereocenters. The first-order chi connectivity index (χ1) is 13.5. The number of aryl methyl sites for hydroxylation is 1. The summed E-state index contributed by atoms with van der Waals surface area (Å²) in [5, 5.41) is 3.15. The molecular formula is C20H19N3O5. The van der Waals surface area contributed by atoms with E-state index in [9.17, 15) is 14.4 Å². The first-order valence-electron chi connectivity index (χ1n) is 9.06. The molecule has 2 aromatic heterocycles. The Morgan fingerprint density at radius 3 is 3.00 bits per heavy atom. The minimum atomic E-state index is -0.648. The zero-order valence-electron chi connectivity index (χ0n) is 15.3. The van der Waals surface area contributed by atoms with Crippen LogP contribution in [0.3, 0.4) is 0 Å². The number of carbonyl (C=O) groups is 2. The van der Waals surface area contributed by atoms with E-state index in [1.165, 1.54) is 18.4 Å². The Bertz CT molecular complexity index is 1100. The number of esters is 1. The van der Waals surface area contributed by atoms with E-state index in [4.69, 9.17) is 9.15 Å². The van der Waals surface area contributed by atoms with Gasteiger partial charge in [0.15, 0.2) is 6.61 Å². The summed E-state index contributed by atoms with van der Waals surface area (Å²) < 4.78 is 12.0. The van der Waals surface area contributed by atoms with Gasteiger partial charge in [-0.15, -0.1) is 0 Å². The maximum absolute atomic E-state index is 12.5. The summed E-state index contributed by atoms with van der Waals surface area (Å²) in [7, 11) is 0. The summed E-state index contributed by atoms with van der Waals surface area (Å²) in [6.45, 7) is 2.03. The van der Waals surface area contributed by atoms with Gasteiger partial charge in [-0.3, -0.25) is 14.2 Å². The molecule has 0 saturated carbocycles. The van der Waals surface area contributed by atoms with Crippen LogP contribution in [0.4, 0.5) is 0 Å². The molecule has 4 rings (SSSR count). The number of rotatable bonds is 5. The molecule has 1 aliphatic rings. The molecule has 0 saturated heterocycles. The predicted octanol–water partition coefficient (Wildman–Crippen LogP) is 1.97. The van der Waals surface area contributed by atoms with Crippen LogP contribution < -0.4 is 10.9 Å². The average Bonchev–Trinajstić information content (AvgIpc) is 3.37. The van der Waals surface area contributed by atoms with Crippen molar-refractivity contribution in [2.45, 2.75) is 32.4 Å². The first-order valence-corrected chi connectivity index (χ1v) is 9.06. The largest absolute Gasteiger partial charge is 0.467 e. The molecule has 1 N–H and O–H groups in total. The van der Waals surface area contributed by atoms with Gasteiger partial charge < -0.3 is 14.5 Å². The molecule has 0 spiro atoms. The van der Waals surface area contributed by atoms with E-state index in [1.807, 2.05) is 0 Å². The number of ether oxygens (including phenoxy) is 1. The van der Waals surface area contributed by atoms with Crippen molar-refractivity contribution in [3.05, 3.63) is 64.1 Å². The molecule has 0 fully saturated rings. The Labute approximate surface area is 160 Å². The highest BCUT2D eigenvalue weighted by atomic mass is 16.5. The van der Waals surface area contributed by atoms with Crippen molar-refractivity contribution in [2.24, 2.45) is 0 Å². The SMILES string of the molecule is C[C@@H](NC(=O)COC(=O)c1ccc2c(=O)n3c(nc2c1)CCC3)c1ccco1. The number of nitrogens with one attached hydrogen (secondary N) is 1. The normalized spacial score (nSPS) is 13.9. The molecule has 1 amide bonds. The second-order valence-electron chi connectivity index (χ2n) is 6.70. The van der Waals surface area contributed by atoms with Crippen LogP contribution in [0, 0.1) is 0 Å². The molecule has 28 heavy (non-hydrogen) atoms. The molecule has 8 nitrogen and oxygen atoms in total. The van der Waals surface area contributed by atoms with Gasteiger partial charge in [-0.1, -0.05) is 0 Å². The third-order valence-corrected chi connectivity index (χ3v) is 4.73. The van der Waals surface area contributed by atoms with E-state index in [0.29, 0.717) is 23.2 Å². The molecule has 0 bridgehead atoms. The van der Waals surface area contributed by atoms with E-state index in [-0.39, 0.29) is 17.2 Å². The number of nitrogens with zero attached hydrogens (tertiary/aromatic N) is 2. The molecule has 3 aromatic rings. The summed E-state index contributed by atoms with van der Waals surface area (Å²) in [4.78, 5) is 41.2. The third-order valence-electron chi connectivity index (χ3n) is 4.73. The summed E-state index contributed by atoms with van der Waals surface area (Å²) in [5.74, 6) is 0.255. The Morgan fingerprint density at radius 2 is 2.21 bits per heavy atom. The molecule has 0 unspecified atom stereocenters. The Kier molecular flexibility index (Phi) is 4.68. The lowest BCUT2D eigenvalue weighted by molar-refractivity contribution is -0.125. The highest BCUT2D eigenvalue weighted by Crippen LogP contribution is 2.17. The van der Waals surface area contributed by atoms with Crippen LogP contribution >= 0.6 is 0 Å². The number of amides is 1. The zero-order valence-corrected chi connectivity index (χ0v) is 15.3. The van der Waals surface area contributed by atoms with Gasteiger partial charge in [-0.05, 0) is 43.7 Å². The van der Waals surface area contributed by atoms with Gasteiger partial charge in [0.1, 0.15) is 11.6 Å². The van der Waals surface area contributed by atoms with Crippen molar-refractivity contribution in [3.8, 4) is 0 Å². The molecule has 3 heterocycles. The van der Waals surface area contributed by atoms with E-state index in [1.54, 1.807) is 29.7 Å². The van der Waals surface area contributed by atoms with Crippen LogP contribution in [0.1, 0.15) is 41.3 Å². The van der Waals surface area contributed by atoms with E-state index < -0.39 is 18.5 Å². The van der Waals surface area contributed by atoms with Crippen LogP contribution in [-0.2, 0) is 22.5 Å². The molecule has 1 aliphatic heterocycles. The number of aromatic nitrogens is 2. The number of fused-ring (bicyclic) bond motifs is 2. The van der Waals surface area contributed by atoms with Crippen LogP contribution in [0.25, 0.3) is 10.9 Å². The Balaban J connectivity index is 1.43. The van der Waals surface area contributed by atoms with Crippen molar-refractivity contribution in [1.29, 1.82) is 0 Å². The molecule has 0 radical (unpaired) electrons. The monoisotopic (exact) mass is 381 g/mol. The second kappa shape index (κ2) is 7.30. The van der Waals surface area contributed by atoms with Gasteiger partial charge in [0.05, 0.1) is 28.8 Å². The standard InChI is InChI=1S/C20H19N3O5/c1-12(16-4-3-9-27-16)21-18(24)11-28-20(26)13-6-7-14-15(10-13)22-17-5-2-8-23(17)19(14)25/h3-4,6-7,9-10,12H,2,5,8,11H2,1H3,(H,21,24)/t12-/m1/s1. The summed E-state index contributed by atoms with van der Waals surface area (Å²) in [6, 6.07) is 7.76. The first kappa shape index (κ1) is 18.0. The third kappa shape index (κ3) is 3.40. The lowest BCUT2D eigenvalue weighted by Gasteiger charge is -2.11. The maximum Gasteiger partial charge on any atom is 0.338 e. The van der Waals surface area contributed by atoms with Gasteiger partial charge >= 0.3 is 5.97 Å². The Morgan fingerprint density at radius 1 is 1.36 bits per heavy atom. The summed E-state index contributed by atoms with van der Waals surface area (Å²) >= 11 is 0. The molecule has 8 heteroatoms. The summed E-state index contributed by atoms with van der Waals surface area (Å²) in [6.07, 6.45) is 3.15. The van der Waals surface area contributed by atoms with Crippen molar-refractivity contribution < 1.29 is 18.7 Å². The molecule has 0 aliphatic carbocycles. The van der Waals surface area contributed by atoms with E-state index in [2.05, 4.69) is 10.3 Å². The van der Waals surface area contributed by atoms with Gasteiger partial charge in [0.25, 0.3) is 11.5 Å². The fraction of sp³-hybridized carbons (Fsp3) is 0.300. The van der Waals surface area contributed by atoms with Gasteiger partial charge in [-0.2, -0.15) is 0 Å². The van der Waals surface area contributed by atoms with Crippen LogP contribution in [0.5, 0.6) is 0 Å². The van der Waals surface area contributed by atoms with Crippen LogP contribution in [-0.4, -0.2) is 28.0 Å².